The number of fused-ring (bicyclic) bond motifs is 8. The van der Waals surface area contributed by atoms with Crippen molar-refractivity contribution in [1.82, 2.24) is 19.9 Å². The molecule has 13 heteroatoms. The molecular weight excluding hydrogens is 631 g/mol. The zero-order valence-electron chi connectivity index (χ0n) is 18.3. The molecule has 6 N–H and O–H groups in total. The molecule has 0 saturated carbocycles. The average Bonchev–Trinajstić information content (AvgIpc) is 3.57. The number of aromatic nitrogens is 4. The molecule has 8 bridgehead atoms. The molecular formula is C24H14N4O8Tb. The molecule has 0 amide bonds. The number of nitrogens with zero attached hydrogens (tertiary/aromatic N) is 2. The summed E-state index contributed by atoms with van der Waals surface area (Å²) in [6.07, 6.45) is 5.26. The molecule has 0 aliphatic carbocycles. The third-order valence-electron chi connectivity index (χ3n) is 5.61. The number of hydrogen-bond donors (Lipinski definition) is 6. The first-order valence-electron chi connectivity index (χ1n) is 10.2. The van der Waals surface area contributed by atoms with E-state index in [9.17, 15) is 39.6 Å². The van der Waals surface area contributed by atoms with Crippen molar-refractivity contribution >= 4 is 70.2 Å². The van der Waals surface area contributed by atoms with Crippen molar-refractivity contribution < 1.29 is 78.2 Å². The van der Waals surface area contributed by atoms with Gasteiger partial charge in [-0.15, -0.1) is 0 Å². The molecule has 0 fully saturated rings. The first-order chi connectivity index (χ1) is 17.2. The van der Waals surface area contributed by atoms with Gasteiger partial charge >= 0.3 is 23.9 Å². The smallest absolute Gasteiger partial charge is 0.340 e. The van der Waals surface area contributed by atoms with E-state index in [2.05, 4.69) is 19.9 Å². The van der Waals surface area contributed by atoms with Crippen LogP contribution in [0.2, 0.25) is 0 Å². The van der Waals surface area contributed by atoms with Crippen molar-refractivity contribution in [2.45, 2.75) is 0 Å². The molecule has 0 aromatic carbocycles. The third-order valence-corrected chi connectivity index (χ3v) is 5.61. The van der Waals surface area contributed by atoms with Crippen LogP contribution in [0.25, 0.3) is 46.4 Å². The van der Waals surface area contributed by atoms with Gasteiger partial charge in [0.25, 0.3) is 0 Å². The van der Waals surface area contributed by atoms with E-state index < -0.39 is 23.9 Å². The molecule has 0 saturated heterocycles. The molecule has 5 rings (SSSR count). The molecule has 0 unspecified atom stereocenters. The minimum atomic E-state index is -1.40. The van der Waals surface area contributed by atoms with Crippen LogP contribution in [0.15, 0.2) is 24.3 Å². The Hall–Kier alpha value is -4.23. The van der Waals surface area contributed by atoms with Gasteiger partial charge in [0, 0.05) is 38.6 Å². The minimum absolute atomic E-state index is 0. The van der Waals surface area contributed by atoms with Gasteiger partial charge in [0.2, 0.25) is 0 Å². The summed E-state index contributed by atoms with van der Waals surface area (Å²) in [4.78, 5) is 62.4. The standard InChI is InChI=1S/C24H14N4O8.Tb/c29-21(30)17-9-1-2-10(25-9)18(22(31)32)12-5-6-14(27-12)20(24(35)36)16-8-7-15(28-16)19(23(33)34)13-4-3-11(17)26-13;/h1-8,25-26H,(H,29,30)(H,31,32)(H,33,34)(H,35,36);. The van der Waals surface area contributed by atoms with E-state index in [1.54, 1.807) is 0 Å². The van der Waals surface area contributed by atoms with Crippen molar-refractivity contribution in [1.29, 1.82) is 0 Å². The molecule has 3 aromatic rings. The zero-order valence-corrected chi connectivity index (χ0v) is 20.4. The Morgan fingerprint density at radius 2 is 0.757 bits per heavy atom. The number of carboxylic acid groups (broad SMARTS) is 4. The number of rotatable bonds is 4. The van der Waals surface area contributed by atoms with Gasteiger partial charge in [-0.05, 0) is 48.6 Å². The van der Waals surface area contributed by atoms with Crippen LogP contribution in [0.3, 0.4) is 0 Å². The van der Waals surface area contributed by atoms with Gasteiger partial charge in [-0.25, -0.2) is 29.1 Å². The maximum absolute atomic E-state index is 12.1. The van der Waals surface area contributed by atoms with E-state index in [1.807, 2.05) is 0 Å². The minimum Gasteiger partial charge on any atom is -0.478 e. The Labute approximate surface area is 236 Å². The van der Waals surface area contributed by atoms with E-state index in [4.69, 9.17) is 0 Å². The van der Waals surface area contributed by atoms with E-state index in [-0.39, 0.29) is 106 Å². The maximum atomic E-state index is 12.1. The Morgan fingerprint density at radius 3 is 1.05 bits per heavy atom. The maximum Gasteiger partial charge on any atom is 0.340 e. The number of aromatic amines is 2. The summed E-state index contributed by atoms with van der Waals surface area (Å²) in [5, 5.41) is 39.5. The van der Waals surface area contributed by atoms with Crippen molar-refractivity contribution in [3.8, 4) is 0 Å². The van der Waals surface area contributed by atoms with Gasteiger partial charge in [0.1, 0.15) is 22.3 Å². The number of carbonyl (C=O) groups is 4. The summed E-state index contributed by atoms with van der Waals surface area (Å²) in [6, 6.07) is 5.45. The summed E-state index contributed by atoms with van der Waals surface area (Å²) >= 11 is 0. The number of nitrogens with one attached hydrogen (secondary N) is 2. The quantitative estimate of drug-likeness (QED) is 0.168. The van der Waals surface area contributed by atoms with E-state index >= 15 is 0 Å². The largest absolute Gasteiger partial charge is 0.478 e. The predicted molar refractivity (Wildman–Crippen MR) is 127 cm³/mol. The van der Waals surface area contributed by atoms with E-state index in [0.29, 0.717) is 0 Å². The Balaban J connectivity index is 0.00000320. The van der Waals surface area contributed by atoms with Gasteiger partial charge in [0.05, 0.1) is 44.8 Å². The Kier molecular flexibility index (Phi) is 6.75. The van der Waals surface area contributed by atoms with Gasteiger partial charge in [0.15, 0.2) is 0 Å². The van der Waals surface area contributed by atoms with Gasteiger partial charge < -0.3 is 30.4 Å². The van der Waals surface area contributed by atoms with Crippen LogP contribution in [-0.4, -0.2) is 64.2 Å². The van der Waals surface area contributed by atoms with Crippen molar-refractivity contribution in [2.75, 3.05) is 0 Å². The van der Waals surface area contributed by atoms with E-state index in [1.165, 1.54) is 48.6 Å². The van der Waals surface area contributed by atoms with Crippen LogP contribution in [0.4, 0.5) is 0 Å². The summed E-state index contributed by atoms with van der Waals surface area (Å²) in [5.74, 6) is -5.50. The molecule has 5 heterocycles. The summed E-state index contributed by atoms with van der Waals surface area (Å²) < 4.78 is 0. The first kappa shape index (κ1) is 25.8. The van der Waals surface area contributed by atoms with Crippen molar-refractivity contribution in [2.24, 2.45) is 0 Å². The van der Waals surface area contributed by atoms with Crippen LogP contribution in [-0.2, 0) is 0 Å². The number of aromatic carboxylic acids is 4. The Morgan fingerprint density at radius 1 is 0.486 bits per heavy atom. The van der Waals surface area contributed by atoms with Crippen LogP contribution in [0.1, 0.15) is 64.2 Å². The molecule has 187 valence electrons. The van der Waals surface area contributed by atoms with Crippen molar-refractivity contribution in [3.63, 3.8) is 0 Å². The molecule has 0 spiro atoms. The van der Waals surface area contributed by atoms with E-state index in [0.717, 1.165) is 0 Å². The fourth-order valence-corrected chi connectivity index (χ4v) is 4.11. The van der Waals surface area contributed by atoms with Crippen LogP contribution < -0.4 is 0 Å². The first-order valence-corrected chi connectivity index (χ1v) is 10.2. The van der Waals surface area contributed by atoms with Crippen LogP contribution in [0.5, 0.6) is 0 Å². The molecule has 2 aliphatic heterocycles. The predicted octanol–water partition coefficient (Wildman–Crippen LogP) is 3.45. The summed E-state index contributed by atoms with van der Waals surface area (Å²) in [6.45, 7) is 0. The average molecular weight is 645 g/mol. The SMILES string of the molecule is O=C(O)c1c2nc(c(C(=O)O)c3ccc([nH]3)c(C(=O)O)c3ccc([nH]3)c(C(=O)O)c3nc1C=C3)C=C2.[Tb]. The fraction of sp³-hybridized carbons (Fsp3) is 0. The second kappa shape index (κ2) is 9.67. The normalized spacial score (nSPS) is 11.7. The number of H-pyrrole nitrogens is 2. The fourth-order valence-electron chi connectivity index (χ4n) is 4.11. The summed E-state index contributed by atoms with van der Waals surface area (Å²) in [5.41, 5.74) is -1.38. The van der Waals surface area contributed by atoms with Gasteiger partial charge in [-0.2, -0.15) is 0 Å². The van der Waals surface area contributed by atoms with Crippen LogP contribution >= 0.6 is 0 Å². The van der Waals surface area contributed by atoms with Gasteiger partial charge in [-0.3, -0.25) is 0 Å². The second-order valence-corrected chi connectivity index (χ2v) is 7.72. The monoisotopic (exact) mass is 645 g/mol. The zero-order chi connectivity index (χ0) is 25.7. The topological polar surface area (TPSA) is 207 Å². The molecule has 1 radical (unpaired) electrons. The number of hydrogen-bond acceptors (Lipinski definition) is 6. The molecule has 3 aromatic heterocycles. The second-order valence-electron chi connectivity index (χ2n) is 7.72. The molecule has 37 heavy (non-hydrogen) atoms. The van der Waals surface area contributed by atoms with Gasteiger partial charge in [-0.1, -0.05) is 0 Å². The molecule has 12 nitrogen and oxygen atoms in total. The molecule has 0 atom stereocenters. The van der Waals surface area contributed by atoms with Crippen molar-refractivity contribution in [3.05, 3.63) is 69.3 Å². The molecule has 2 aliphatic rings. The van der Waals surface area contributed by atoms with Crippen LogP contribution in [0, 0.1) is 38.6 Å². The Bertz CT molecular complexity index is 1650. The number of carboxylic acids is 4. The summed E-state index contributed by atoms with van der Waals surface area (Å²) in [7, 11) is 0. The third kappa shape index (κ3) is 4.42.